The van der Waals surface area contributed by atoms with Crippen LogP contribution in [-0.4, -0.2) is 11.7 Å². The quantitative estimate of drug-likeness (QED) is 0.593. The molecule has 0 aromatic heterocycles. The van der Waals surface area contributed by atoms with Crippen LogP contribution < -0.4 is 10.4 Å². The van der Waals surface area contributed by atoms with E-state index >= 15 is 0 Å². The molecule has 1 aromatic rings. The maximum absolute atomic E-state index is 11.8. The summed E-state index contributed by atoms with van der Waals surface area (Å²) in [6.07, 6.45) is 0.636. The molecule has 1 unspecified atom stereocenters. The molecular weight excluding hydrogens is 233 g/mol. The zero-order valence-corrected chi connectivity index (χ0v) is 9.72. The molecule has 0 fully saturated rings. The Hall–Kier alpha value is -0.910. The lowest BCUT2D eigenvalue weighted by atomic mass is 10.3. The molecule has 89 valence electrons. The molecule has 0 spiro atoms. The Kier molecular flexibility index (Phi) is 4.92. The van der Waals surface area contributed by atoms with Gasteiger partial charge in [0.2, 0.25) is 5.75 Å². The van der Waals surface area contributed by atoms with Gasteiger partial charge >= 0.3 is 8.17 Å². The first kappa shape index (κ1) is 13.2. The van der Waals surface area contributed by atoms with E-state index in [0.717, 1.165) is 0 Å². The van der Waals surface area contributed by atoms with Crippen molar-refractivity contribution in [1.29, 1.82) is 0 Å². The molecule has 7 heteroatoms. The van der Waals surface area contributed by atoms with E-state index in [4.69, 9.17) is 14.9 Å². The van der Waals surface area contributed by atoms with Crippen molar-refractivity contribution in [2.45, 2.75) is 13.3 Å². The maximum Gasteiger partial charge on any atom is 0.674 e. The van der Waals surface area contributed by atoms with Gasteiger partial charge in [-0.15, -0.1) is 4.52 Å². The third kappa shape index (κ3) is 3.59. The highest BCUT2D eigenvalue weighted by molar-refractivity contribution is 7.55. The summed E-state index contributed by atoms with van der Waals surface area (Å²) in [5, 5.41) is 9.40. The molecule has 1 aromatic carbocycles. The van der Waals surface area contributed by atoms with E-state index < -0.39 is 8.17 Å². The van der Waals surface area contributed by atoms with Gasteiger partial charge in [0.05, 0.1) is 4.89 Å². The Bertz CT molecular complexity index is 337. The van der Waals surface area contributed by atoms with Gasteiger partial charge in [0.15, 0.2) is 5.75 Å². The number of nitrogens with two attached hydrogens (primary N) is 1. The first-order valence-corrected chi connectivity index (χ1v) is 6.18. The summed E-state index contributed by atoms with van der Waals surface area (Å²) < 4.78 is 14.0. The molecule has 1 atom stereocenters. The van der Waals surface area contributed by atoms with E-state index in [1.165, 1.54) is 12.1 Å². The normalized spacial score (nSPS) is 14.4. The minimum atomic E-state index is -3.85. The number of hydrogen-bond acceptors (Lipinski definition) is 5. The number of phenols is 1. The predicted molar refractivity (Wildman–Crippen MR) is 57.9 cm³/mol. The van der Waals surface area contributed by atoms with E-state index in [0.29, 0.717) is 6.42 Å². The lowest BCUT2D eigenvalue weighted by molar-refractivity contribution is 0.100. The van der Waals surface area contributed by atoms with Crippen LogP contribution in [0.15, 0.2) is 24.3 Å². The van der Waals surface area contributed by atoms with Crippen LogP contribution in [0.25, 0.3) is 0 Å². The fourth-order valence-electron chi connectivity index (χ4n) is 0.936. The van der Waals surface area contributed by atoms with Gasteiger partial charge in [-0.05, 0) is 18.6 Å². The van der Waals surface area contributed by atoms with Crippen LogP contribution in [0.4, 0.5) is 0 Å². The number of rotatable bonds is 6. The summed E-state index contributed by atoms with van der Waals surface area (Å²) in [5.74, 6) is 4.68. The Balaban J connectivity index is 2.72. The van der Waals surface area contributed by atoms with Gasteiger partial charge in [0, 0.05) is 0 Å². The summed E-state index contributed by atoms with van der Waals surface area (Å²) in [6.45, 7) is 2.02. The second kappa shape index (κ2) is 5.98. The van der Waals surface area contributed by atoms with Crippen LogP contribution in [0, 0.1) is 0 Å². The molecule has 0 amide bonds. The second-order valence-electron chi connectivity index (χ2n) is 2.94. The molecule has 1 radical (unpaired) electrons. The van der Waals surface area contributed by atoms with Crippen LogP contribution in [0.5, 0.6) is 11.5 Å². The van der Waals surface area contributed by atoms with Crippen molar-refractivity contribution in [2.75, 3.05) is 6.61 Å². The first-order chi connectivity index (χ1) is 7.61. The maximum atomic E-state index is 11.8. The molecule has 6 nitrogen and oxygen atoms in total. The topological polar surface area (TPSA) is 93.8 Å². The smallest absolute Gasteiger partial charge is 0.504 e. The second-order valence-corrected chi connectivity index (χ2v) is 4.49. The number of benzene rings is 1. The predicted octanol–water partition coefficient (Wildman–Crippen LogP) is 2.20. The molecule has 0 bridgehead atoms. The third-order valence-corrected chi connectivity index (χ3v) is 2.84. The SMILES string of the molecule is CCCO[P+]([O])(ON)Oc1ccccc1O. The lowest BCUT2D eigenvalue weighted by Gasteiger charge is -2.10. The zero-order chi connectivity index (χ0) is 12.0. The van der Waals surface area contributed by atoms with Crippen LogP contribution in [0.3, 0.4) is 0 Å². The number of aromatic hydroxyl groups is 1. The van der Waals surface area contributed by atoms with E-state index in [2.05, 4.69) is 4.62 Å². The van der Waals surface area contributed by atoms with E-state index in [-0.39, 0.29) is 18.1 Å². The van der Waals surface area contributed by atoms with Gasteiger partial charge in [0.1, 0.15) is 6.61 Å². The van der Waals surface area contributed by atoms with Crippen molar-refractivity contribution < 1.29 is 23.7 Å². The molecule has 1 rings (SSSR count). The largest absolute Gasteiger partial charge is 0.674 e. The van der Waals surface area contributed by atoms with Crippen molar-refractivity contribution in [3.63, 3.8) is 0 Å². The van der Waals surface area contributed by atoms with Crippen LogP contribution in [0.1, 0.15) is 13.3 Å². The van der Waals surface area contributed by atoms with Gasteiger partial charge in [-0.2, -0.15) is 5.90 Å². The fraction of sp³-hybridized carbons (Fsp3) is 0.333. The zero-order valence-electron chi connectivity index (χ0n) is 8.83. The van der Waals surface area contributed by atoms with Crippen LogP contribution >= 0.6 is 8.17 Å². The van der Waals surface area contributed by atoms with Crippen molar-refractivity contribution >= 4 is 8.17 Å². The molecule has 0 aliphatic heterocycles. The third-order valence-electron chi connectivity index (χ3n) is 1.66. The Labute approximate surface area is 94.2 Å². The highest BCUT2D eigenvalue weighted by Crippen LogP contribution is 2.58. The summed E-state index contributed by atoms with van der Waals surface area (Å²) in [6, 6.07) is 6.02. The average molecular weight is 247 g/mol. The van der Waals surface area contributed by atoms with Crippen LogP contribution in [-0.2, 0) is 14.0 Å². The molecule has 3 N–H and O–H groups in total. The summed E-state index contributed by atoms with van der Waals surface area (Å²) >= 11 is 0. The minimum absolute atomic E-state index is 0.00705. The standard InChI is InChI=1S/C9H14NO5P/c1-2-7-13-16(12,15-10)14-9-6-4-3-5-8(9)11/h3-6,11H,2,7,10H2,1H3/q+1. The van der Waals surface area contributed by atoms with Crippen molar-refractivity contribution in [1.82, 2.24) is 0 Å². The lowest BCUT2D eigenvalue weighted by Crippen LogP contribution is -2.12. The van der Waals surface area contributed by atoms with Crippen molar-refractivity contribution in [3.8, 4) is 11.5 Å². The van der Waals surface area contributed by atoms with Crippen molar-refractivity contribution in [2.24, 2.45) is 5.90 Å². The summed E-state index contributed by atoms with van der Waals surface area (Å²) in [7, 11) is -3.85. The molecule has 0 heterocycles. The fourth-order valence-corrected chi connectivity index (χ4v) is 1.89. The highest BCUT2D eigenvalue weighted by Gasteiger charge is 2.50. The number of para-hydroxylation sites is 2. The van der Waals surface area contributed by atoms with Gasteiger partial charge in [-0.3, -0.25) is 4.52 Å². The van der Waals surface area contributed by atoms with Crippen LogP contribution in [0.2, 0.25) is 0 Å². The van der Waals surface area contributed by atoms with E-state index in [1.54, 1.807) is 12.1 Å². The Morgan fingerprint density at radius 3 is 2.69 bits per heavy atom. The molecule has 0 saturated heterocycles. The van der Waals surface area contributed by atoms with Gasteiger partial charge in [-0.1, -0.05) is 23.7 Å². The minimum Gasteiger partial charge on any atom is -0.504 e. The summed E-state index contributed by atoms with van der Waals surface area (Å²) in [5.41, 5.74) is 0. The molecule has 16 heavy (non-hydrogen) atoms. The number of phenolic OH excluding ortho intramolecular Hbond substituents is 1. The Morgan fingerprint density at radius 2 is 2.12 bits per heavy atom. The average Bonchev–Trinajstić information content (AvgIpc) is 2.30. The van der Waals surface area contributed by atoms with E-state index in [9.17, 15) is 10.00 Å². The van der Waals surface area contributed by atoms with E-state index in [1.807, 2.05) is 6.92 Å². The number of hydrogen-bond donors (Lipinski definition) is 2. The molecule has 0 aliphatic carbocycles. The van der Waals surface area contributed by atoms with Crippen molar-refractivity contribution in [3.05, 3.63) is 24.3 Å². The summed E-state index contributed by atoms with van der Waals surface area (Å²) in [4.78, 5) is 11.8. The highest BCUT2D eigenvalue weighted by atomic mass is 31.2. The monoisotopic (exact) mass is 247 g/mol. The Morgan fingerprint density at radius 1 is 1.44 bits per heavy atom. The first-order valence-electron chi connectivity index (χ1n) is 4.72. The molecule has 0 aliphatic rings. The molecular formula is C9H14NO5P+. The van der Waals surface area contributed by atoms with Gasteiger partial charge in [-0.25, -0.2) is 0 Å². The van der Waals surface area contributed by atoms with Gasteiger partial charge < -0.3 is 5.11 Å². The molecule has 0 saturated carbocycles. The van der Waals surface area contributed by atoms with Gasteiger partial charge in [0.25, 0.3) is 0 Å².